The molecule has 24 heavy (non-hydrogen) atoms. The molecule has 0 unspecified atom stereocenters. The van der Waals surface area contributed by atoms with Crippen molar-refractivity contribution in [2.45, 2.75) is 40.3 Å². The van der Waals surface area contributed by atoms with Crippen LogP contribution in [-0.4, -0.2) is 48.4 Å². The van der Waals surface area contributed by atoms with Crippen LogP contribution in [0.4, 0.5) is 4.39 Å². The van der Waals surface area contributed by atoms with Gasteiger partial charge < -0.3 is 9.80 Å². The second-order valence-corrected chi connectivity index (χ2v) is 5.91. The average Bonchev–Trinajstić information content (AvgIpc) is 2.63. The van der Waals surface area contributed by atoms with Crippen LogP contribution in [0.15, 0.2) is 30.3 Å². The number of nitrogens with zero attached hydrogens (tertiary/aromatic N) is 2. The minimum atomic E-state index is -0.459. The number of likely N-dealkylation sites (N-methyl/N-ethyl adjacent to an activating group) is 1. The summed E-state index contributed by atoms with van der Waals surface area (Å²) in [4.78, 5) is 16.7. The molecule has 0 spiro atoms. The topological polar surface area (TPSA) is 23.6 Å². The lowest BCUT2D eigenvalue weighted by Crippen LogP contribution is -2.38. The van der Waals surface area contributed by atoms with E-state index in [-0.39, 0.29) is 5.91 Å². The Balaban J connectivity index is 2.65. The van der Waals surface area contributed by atoms with E-state index in [0.29, 0.717) is 5.56 Å². The van der Waals surface area contributed by atoms with E-state index in [2.05, 4.69) is 25.7 Å². The largest absolute Gasteiger partial charge is 0.338 e. The van der Waals surface area contributed by atoms with Crippen molar-refractivity contribution in [1.82, 2.24) is 9.80 Å². The summed E-state index contributed by atoms with van der Waals surface area (Å²) in [5.74, 6) is 0.0465. The summed E-state index contributed by atoms with van der Waals surface area (Å²) in [6.07, 6.45) is 5.52. The van der Waals surface area contributed by atoms with Crippen LogP contribution >= 0.6 is 0 Å². The number of amides is 1. The average molecular weight is 334 g/mol. The number of rotatable bonds is 11. The molecule has 4 heteroatoms. The molecule has 0 aliphatic heterocycles. The van der Waals surface area contributed by atoms with Gasteiger partial charge in [-0.25, -0.2) is 4.39 Å². The number of alkyl halides is 1. The third kappa shape index (κ3) is 7.26. The molecule has 0 bridgehead atoms. The highest BCUT2D eigenvalue weighted by molar-refractivity contribution is 5.91. The number of halogens is 1. The first-order valence-electron chi connectivity index (χ1n) is 8.98. The minimum Gasteiger partial charge on any atom is -0.338 e. The molecule has 0 saturated heterocycles. The van der Waals surface area contributed by atoms with Crippen molar-refractivity contribution in [3.05, 3.63) is 41.5 Å². The minimum absolute atomic E-state index is 0.0465. The third-order valence-electron chi connectivity index (χ3n) is 4.23. The predicted molar refractivity (Wildman–Crippen MR) is 99.6 cm³/mol. The lowest BCUT2D eigenvalue weighted by molar-refractivity contribution is -0.126. The maximum atomic E-state index is 12.5. The van der Waals surface area contributed by atoms with Crippen LogP contribution in [0.25, 0.3) is 6.08 Å². The summed E-state index contributed by atoms with van der Waals surface area (Å²) >= 11 is 0. The van der Waals surface area contributed by atoms with E-state index in [0.717, 1.165) is 51.1 Å². The number of unbranched alkanes of at least 4 members (excludes halogenated alkanes) is 1. The number of hydrogen-bond donors (Lipinski definition) is 0. The SMILES string of the molecule is CCCCN(CCN(CC)CC)C(=O)/C=C/c1ccc(CF)cc1. The highest BCUT2D eigenvalue weighted by atomic mass is 19.1. The van der Waals surface area contributed by atoms with Crippen molar-refractivity contribution < 1.29 is 9.18 Å². The molecule has 0 aliphatic carbocycles. The molecule has 1 amide bonds. The molecule has 0 heterocycles. The monoisotopic (exact) mass is 334 g/mol. The molecule has 0 fully saturated rings. The van der Waals surface area contributed by atoms with Gasteiger partial charge in [-0.15, -0.1) is 0 Å². The van der Waals surface area contributed by atoms with Crippen LogP contribution in [0.1, 0.15) is 44.7 Å². The summed E-state index contributed by atoms with van der Waals surface area (Å²) in [6.45, 7) is 10.4. The van der Waals surface area contributed by atoms with Crippen molar-refractivity contribution in [1.29, 1.82) is 0 Å². The summed E-state index contributed by atoms with van der Waals surface area (Å²) in [6, 6.07) is 7.18. The Morgan fingerprint density at radius 1 is 1.04 bits per heavy atom. The predicted octanol–water partition coefficient (Wildman–Crippen LogP) is 4.14. The van der Waals surface area contributed by atoms with Gasteiger partial charge in [-0.1, -0.05) is 51.5 Å². The highest BCUT2D eigenvalue weighted by Gasteiger charge is 2.11. The number of hydrogen-bond acceptors (Lipinski definition) is 2. The van der Waals surface area contributed by atoms with E-state index >= 15 is 0 Å². The van der Waals surface area contributed by atoms with Crippen molar-refractivity contribution in [3.63, 3.8) is 0 Å². The Hall–Kier alpha value is -1.68. The molecule has 1 aromatic rings. The summed E-state index contributed by atoms with van der Waals surface area (Å²) < 4.78 is 12.5. The van der Waals surface area contributed by atoms with Gasteiger partial charge in [0, 0.05) is 25.7 Å². The van der Waals surface area contributed by atoms with E-state index in [1.165, 1.54) is 0 Å². The normalized spacial score (nSPS) is 11.4. The Labute approximate surface area is 146 Å². The molecule has 0 saturated carbocycles. The highest BCUT2D eigenvalue weighted by Crippen LogP contribution is 2.08. The van der Waals surface area contributed by atoms with Crippen LogP contribution in [-0.2, 0) is 11.5 Å². The van der Waals surface area contributed by atoms with Crippen LogP contribution in [0.2, 0.25) is 0 Å². The van der Waals surface area contributed by atoms with Gasteiger partial charge in [0.25, 0.3) is 0 Å². The van der Waals surface area contributed by atoms with Crippen LogP contribution in [0.5, 0.6) is 0 Å². The van der Waals surface area contributed by atoms with Gasteiger partial charge in [-0.05, 0) is 36.7 Å². The molecule has 0 atom stereocenters. The summed E-state index contributed by atoms with van der Waals surface area (Å²) in [5, 5.41) is 0. The summed E-state index contributed by atoms with van der Waals surface area (Å²) in [5.41, 5.74) is 1.57. The van der Waals surface area contributed by atoms with Gasteiger partial charge in [0.15, 0.2) is 0 Å². The Morgan fingerprint density at radius 2 is 1.71 bits per heavy atom. The lowest BCUT2D eigenvalue weighted by Gasteiger charge is -2.25. The van der Waals surface area contributed by atoms with Gasteiger partial charge in [0.1, 0.15) is 6.67 Å². The fourth-order valence-electron chi connectivity index (χ4n) is 2.47. The van der Waals surface area contributed by atoms with Gasteiger partial charge in [-0.3, -0.25) is 4.79 Å². The number of benzene rings is 1. The van der Waals surface area contributed by atoms with Crippen LogP contribution in [0.3, 0.4) is 0 Å². The van der Waals surface area contributed by atoms with E-state index in [1.807, 2.05) is 17.0 Å². The molecule has 1 rings (SSSR count). The van der Waals surface area contributed by atoms with Gasteiger partial charge in [-0.2, -0.15) is 0 Å². The zero-order valence-corrected chi connectivity index (χ0v) is 15.3. The molecular weight excluding hydrogens is 303 g/mol. The molecule has 1 aromatic carbocycles. The lowest BCUT2D eigenvalue weighted by atomic mass is 10.1. The van der Waals surface area contributed by atoms with Gasteiger partial charge >= 0.3 is 0 Å². The Bertz CT molecular complexity index is 495. The van der Waals surface area contributed by atoms with Crippen molar-refractivity contribution in [3.8, 4) is 0 Å². The quantitative estimate of drug-likeness (QED) is 0.568. The molecule has 0 aliphatic rings. The first-order valence-corrected chi connectivity index (χ1v) is 8.98. The fraction of sp³-hybridized carbons (Fsp3) is 0.550. The van der Waals surface area contributed by atoms with Gasteiger partial charge in [0.05, 0.1) is 0 Å². The molecular formula is C20H31FN2O. The second-order valence-electron chi connectivity index (χ2n) is 5.91. The standard InChI is InChI=1S/C20H31FN2O/c1-4-7-14-23(16-15-22(5-2)6-3)20(24)13-12-18-8-10-19(17-21)11-9-18/h8-13H,4-7,14-17H2,1-3H3/b13-12+. The molecule has 0 N–H and O–H groups in total. The molecule has 0 radical (unpaired) electrons. The third-order valence-corrected chi connectivity index (χ3v) is 4.23. The van der Waals surface area contributed by atoms with E-state index in [4.69, 9.17) is 0 Å². The van der Waals surface area contributed by atoms with Crippen LogP contribution in [0, 0.1) is 0 Å². The molecule has 3 nitrogen and oxygen atoms in total. The smallest absolute Gasteiger partial charge is 0.246 e. The number of carbonyl (C=O) groups excluding carboxylic acids is 1. The van der Waals surface area contributed by atoms with E-state index < -0.39 is 6.67 Å². The Morgan fingerprint density at radius 3 is 2.25 bits per heavy atom. The Kier molecular flexibility index (Phi) is 10.0. The van der Waals surface area contributed by atoms with Gasteiger partial charge in [0.2, 0.25) is 5.91 Å². The van der Waals surface area contributed by atoms with Crippen molar-refractivity contribution in [2.75, 3.05) is 32.7 Å². The molecule has 134 valence electrons. The van der Waals surface area contributed by atoms with E-state index in [1.54, 1.807) is 24.3 Å². The molecule has 0 aromatic heterocycles. The summed E-state index contributed by atoms with van der Waals surface area (Å²) in [7, 11) is 0. The van der Waals surface area contributed by atoms with Crippen molar-refractivity contribution in [2.24, 2.45) is 0 Å². The zero-order chi connectivity index (χ0) is 17.8. The maximum absolute atomic E-state index is 12.5. The maximum Gasteiger partial charge on any atom is 0.246 e. The van der Waals surface area contributed by atoms with E-state index in [9.17, 15) is 9.18 Å². The van der Waals surface area contributed by atoms with Crippen LogP contribution < -0.4 is 0 Å². The zero-order valence-electron chi connectivity index (χ0n) is 15.3. The fourth-order valence-corrected chi connectivity index (χ4v) is 2.47. The first kappa shape index (κ1) is 20.4. The first-order chi connectivity index (χ1) is 11.6. The second kappa shape index (κ2) is 11.8. The van der Waals surface area contributed by atoms with Crippen molar-refractivity contribution >= 4 is 12.0 Å². The number of carbonyl (C=O) groups is 1.